The van der Waals surface area contributed by atoms with Crippen LogP contribution in [0.1, 0.15) is 23.7 Å². The van der Waals surface area contributed by atoms with Crippen LogP contribution in [0.3, 0.4) is 0 Å². The molecule has 0 aliphatic carbocycles. The average Bonchev–Trinajstić information content (AvgIpc) is 3.39. The Kier molecular flexibility index (Phi) is 9.17. The van der Waals surface area contributed by atoms with E-state index in [0.717, 1.165) is 54.0 Å². The van der Waals surface area contributed by atoms with Gasteiger partial charge in [-0.3, -0.25) is 18.9 Å². The molecule has 1 aromatic heterocycles. The second-order valence-electron chi connectivity index (χ2n) is 9.40. The largest absolute Gasteiger partial charge is 0.379 e. The monoisotopic (exact) mass is 642 g/mol. The van der Waals surface area contributed by atoms with Crippen molar-refractivity contribution in [1.29, 1.82) is 0 Å². The van der Waals surface area contributed by atoms with Gasteiger partial charge >= 0.3 is 0 Å². The maximum atomic E-state index is 13.8. The zero-order valence-electron chi connectivity index (χ0n) is 22.2. The molecule has 2 heterocycles. The maximum Gasteiger partial charge on any atom is 0.264 e. The summed E-state index contributed by atoms with van der Waals surface area (Å²) >= 11 is 4.98. The number of anilines is 2. The topological polar surface area (TPSA) is 83.1 Å². The third-order valence-corrected chi connectivity index (χ3v) is 10.2. The molecule has 40 heavy (non-hydrogen) atoms. The van der Waals surface area contributed by atoms with Crippen LogP contribution >= 0.6 is 27.3 Å². The highest BCUT2D eigenvalue weighted by molar-refractivity contribution is 9.10. The number of fused-ring (bicyclic) bond motifs is 1. The van der Waals surface area contributed by atoms with Crippen molar-refractivity contribution in [3.05, 3.63) is 82.8 Å². The fraction of sp³-hybridized carbons (Fsp3) is 0.310. The average molecular weight is 644 g/mol. The normalized spacial score (nSPS) is 14.3. The Morgan fingerprint density at radius 2 is 1.77 bits per heavy atom. The lowest BCUT2D eigenvalue weighted by atomic mass is 10.2. The summed E-state index contributed by atoms with van der Waals surface area (Å²) in [5.74, 6) is -0.209. The molecule has 1 fully saturated rings. The zero-order chi connectivity index (χ0) is 28.1. The Morgan fingerprint density at radius 3 is 2.48 bits per heavy atom. The third-order valence-electron chi connectivity index (χ3n) is 6.80. The molecule has 3 aromatic carbocycles. The smallest absolute Gasteiger partial charge is 0.264 e. The van der Waals surface area contributed by atoms with E-state index in [2.05, 4.69) is 20.8 Å². The fourth-order valence-corrected chi connectivity index (χ4v) is 7.72. The SMILES string of the molecule is CCN(c1ccccc1)S(=O)(=O)c1ccc(C(=O)N(CCCN2CCOCC2)c2nc3ccc(Br)cc3s2)cc1. The minimum Gasteiger partial charge on any atom is -0.379 e. The first kappa shape index (κ1) is 28.7. The van der Waals surface area contributed by atoms with Crippen LogP contribution in [-0.2, 0) is 14.8 Å². The molecule has 5 rings (SSSR count). The molecule has 1 aliphatic heterocycles. The zero-order valence-corrected chi connectivity index (χ0v) is 25.4. The van der Waals surface area contributed by atoms with Gasteiger partial charge in [-0.15, -0.1) is 0 Å². The van der Waals surface area contributed by atoms with E-state index in [1.165, 1.54) is 27.8 Å². The number of carbonyl (C=O) groups excluding carboxylic acids is 1. The number of carbonyl (C=O) groups is 1. The lowest BCUT2D eigenvalue weighted by molar-refractivity contribution is 0.0376. The molecular formula is C29H31BrN4O4S2. The quantitative estimate of drug-likeness (QED) is 0.223. The van der Waals surface area contributed by atoms with E-state index < -0.39 is 10.0 Å². The summed E-state index contributed by atoms with van der Waals surface area (Å²) in [6, 6.07) is 21.1. The standard InChI is InChI=1S/C29H31BrN4O4S2/c1-2-34(24-7-4-3-5-8-24)40(36,37)25-12-9-22(10-13-25)28(35)33(16-6-15-32-17-19-38-20-18-32)29-31-26-14-11-23(30)21-27(26)39-29/h3-5,7-14,21H,2,6,15-20H2,1H3. The number of para-hydroxylation sites is 1. The summed E-state index contributed by atoms with van der Waals surface area (Å²) in [5.41, 5.74) is 1.84. The Morgan fingerprint density at radius 1 is 1.05 bits per heavy atom. The summed E-state index contributed by atoms with van der Waals surface area (Å²) in [7, 11) is -3.79. The molecule has 8 nitrogen and oxygen atoms in total. The van der Waals surface area contributed by atoms with Gasteiger partial charge in [-0.1, -0.05) is 45.5 Å². The van der Waals surface area contributed by atoms with Gasteiger partial charge < -0.3 is 4.74 Å². The van der Waals surface area contributed by atoms with E-state index in [0.29, 0.717) is 22.9 Å². The maximum absolute atomic E-state index is 13.8. The highest BCUT2D eigenvalue weighted by Gasteiger charge is 2.26. The number of nitrogens with zero attached hydrogens (tertiary/aromatic N) is 4. The van der Waals surface area contributed by atoms with Gasteiger partial charge in [-0.25, -0.2) is 13.4 Å². The predicted octanol–water partition coefficient (Wildman–Crippen LogP) is 5.64. The number of rotatable bonds is 10. The van der Waals surface area contributed by atoms with Crippen molar-refractivity contribution in [2.45, 2.75) is 18.2 Å². The number of hydrogen-bond donors (Lipinski definition) is 0. The van der Waals surface area contributed by atoms with E-state index in [9.17, 15) is 13.2 Å². The van der Waals surface area contributed by atoms with Crippen molar-refractivity contribution in [2.24, 2.45) is 0 Å². The molecule has 0 bridgehead atoms. The minimum absolute atomic E-state index is 0.137. The summed E-state index contributed by atoms with van der Waals surface area (Å²) in [6.07, 6.45) is 0.778. The lowest BCUT2D eigenvalue weighted by Crippen LogP contribution is -2.39. The first-order valence-corrected chi connectivity index (χ1v) is 16.3. The van der Waals surface area contributed by atoms with Gasteiger partial charge in [0.15, 0.2) is 5.13 Å². The van der Waals surface area contributed by atoms with Crippen LogP contribution in [0, 0.1) is 0 Å². The van der Waals surface area contributed by atoms with Gasteiger partial charge in [0.2, 0.25) is 0 Å². The van der Waals surface area contributed by atoms with E-state index in [-0.39, 0.29) is 17.3 Å². The summed E-state index contributed by atoms with van der Waals surface area (Å²) in [6.45, 7) is 6.66. The molecule has 0 atom stereocenters. The number of morpholine rings is 1. The number of benzene rings is 3. The molecule has 1 saturated heterocycles. The molecule has 210 valence electrons. The van der Waals surface area contributed by atoms with Gasteiger partial charge in [0.05, 0.1) is 34.0 Å². The number of aromatic nitrogens is 1. The minimum atomic E-state index is -3.79. The van der Waals surface area contributed by atoms with E-state index in [1.54, 1.807) is 36.1 Å². The van der Waals surface area contributed by atoms with Gasteiger partial charge in [0, 0.05) is 42.8 Å². The van der Waals surface area contributed by atoms with E-state index >= 15 is 0 Å². The number of halogens is 1. The van der Waals surface area contributed by atoms with Crippen LogP contribution in [-0.4, -0.2) is 70.1 Å². The van der Waals surface area contributed by atoms with Crippen molar-refractivity contribution in [2.75, 3.05) is 55.1 Å². The van der Waals surface area contributed by atoms with Gasteiger partial charge in [-0.05, 0) is 67.9 Å². The number of thiazole rings is 1. The van der Waals surface area contributed by atoms with Gasteiger partial charge in [0.1, 0.15) is 0 Å². The first-order valence-electron chi connectivity index (χ1n) is 13.2. The van der Waals surface area contributed by atoms with E-state index in [1.807, 2.05) is 36.4 Å². The summed E-state index contributed by atoms with van der Waals surface area (Å²) in [5, 5.41) is 0.623. The molecule has 0 unspecified atom stereocenters. The molecule has 4 aromatic rings. The van der Waals surface area contributed by atoms with E-state index in [4.69, 9.17) is 9.72 Å². The number of amides is 1. The van der Waals surface area contributed by atoms with Crippen LogP contribution in [0.4, 0.5) is 10.8 Å². The Balaban J connectivity index is 1.39. The molecule has 1 aliphatic rings. The molecule has 0 spiro atoms. The van der Waals surface area contributed by atoms with Crippen LogP contribution in [0.5, 0.6) is 0 Å². The summed E-state index contributed by atoms with van der Waals surface area (Å²) < 4.78 is 35.6. The summed E-state index contributed by atoms with van der Waals surface area (Å²) in [4.78, 5) is 22.8. The molecule has 0 N–H and O–H groups in total. The second kappa shape index (κ2) is 12.8. The van der Waals surface area contributed by atoms with Crippen molar-refractivity contribution < 1.29 is 17.9 Å². The highest BCUT2D eigenvalue weighted by atomic mass is 79.9. The lowest BCUT2D eigenvalue weighted by Gasteiger charge is -2.27. The van der Waals surface area contributed by atoms with Gasteiger partial charge in [-0.2, -0.15) is 0 Å². The second-order valence-corrected chi connectivity index (χ2v) is 13.2. The molecule has 11 heteroatoms. The van der Waals surface area contributed by atoms with Crippen molar-refractivity contribution in [3.8, 4) is 0 Å². The highest BCUT2D eigenvalue weighted by Crippen LogP contribution is 2.32. The first-order chi connectivity index (χ1) is 19.4. The van der Waals surface area contributed by atoms with Crippen LogP contribution < -0.4 is 9.21 Å². The number of ether oxygens (including phenoxy) is 1. The fourth-order valence-electron chi connectivity index (χ4n) is 4.70. The molecule has 0 saturated carbocycles. The Labute approximate surface area is 247 Å². The van der Waals surface area contributed by atoms with Crippen LogP contribution in [0.15, 0.2) is 82.2 Å². The number of sulfonamides is 1. The molecule has 1 amide bonds. The molecular weight excluding hydrogens is 612 g/mol. The van der Waals surface area contributed by atoms with Gasteiger partial charge in [0.25, 0.3) is 15.9 Å². The van der Waals surface area contributed by atoms with Crippen LogP contribution in [0.2, 0.25) is 0 Å². The Bertz CT molecular complexity index is 1560. The van der Waals surface area contributed by atoms with Crippen molar-refractivity contribution >= 4 is 64.2 Å². The predicted molar refractivity (Wildman–Crippen MR) is 164 cm³/mol. The molecule has 0 radical (unpaired) electrons. The number of hydrogen-bond acceptors (Lipinski definition) is 7. The Hall–Kier alpha value is -2.83. The van der Waals surface area contributed by atoms with Crippen molar-refractivity contribution in [1.82, 2.24) is 9.88 Å². The van der Waals surface area contributed by atoms with Crippen molar-refractivity contribution in [3.63, 3.8) is 0 Å². The third kappa shape index (κ3) is 6.39. The van der Waals surface area contributed by atoms with Crippen LogP contribution in [0.25, 0.3) is 10.2 Å².